The van der Waals surface area contributed by atoms with Crippen LogP contribution in [0.1, 0.15) is 0 Å². The summed E-state index contributed by atoms with van der Waals surface area (Å²) >= 11 is 0. The number of sulfonamides is 1. The molecule has 0 aliphatic heterocycles. The first-order chi connectivity index (χ1) is 14.7. The van der Waals surface area contributed by atoms with Crippen molar-refractivity contribution in [2.24, 2.45) is 10.9 Å². The number of H-pyrrole nitrogens is 1. The summed E-state index contributed by atoms with van der Waals surface area (Å²) in [5.41, 5.74) is 6.25. The topological polar surface area (TPSA) is 188 Å². The second-order valence-corrected chi connectivity index (χ2v) is 10.2. The van der Waals surface area contributed by atoms with E-state index in [-0.39, 0.29) is 17.9 Å². The monoisotopic (exact) mass is 459 g/mol. The number of primary sulfonamides is 1. The van der Waals surface area contributed by atoms with E-state index in [4.69, 9.17) is 10.9 Å². The van der Waals surface area contributed by atoms with E-state index in [2.05, 4.69) is 25.6 Å². The number of nitrogens with zero attached hydrogens (tertiary/aromatic N) is 4. The minimum Gasteiger partial charge on any atom is -0.329 e. The predicted octanol–water partition coefficient (Wildman–Crippen LogP) is 0.462. The van der Waals surface area contributed by atoms with Crippen molar-refractivity contribution in [3.05, 3.63) is 48.8 Å². The molecule has 0 radical (unpaired) electrons. The van der Waals surface area contributed by atoms with Crippen LogP contribution >= 0.6 is 0 Å². The highest BCUT2D eigenvalue weighted by atomic mass is 32.2. The maximum Gasteiger partial charge on any atom is 0.240 e. The van der Waals surface area contributed by atoms with Gasteiger partial charge in [0.2, 0.25) is 10.0 Å². The van der Waals surface area contributed by atoms with Gasteiger partial charge in [-0.25, -0.2) is 27.1 Å². The third kappa shape index (κ3) is 3.79. The van der Waals surface area contributed by atoms with E-state index in [9.17, 15) is 16.8 Å². The Bertz CT molecular complexity index is 1480. The van der Waals surface area contributed by atoms with E-state index >= 15 is 0 Å². The van der Waals surface area contributed by atoms with Crippen LogP contribution in [-0.4, -0.2) is 54.7 Å². The maximum absolute atomic E-state index is 12.8. The number of fused-ring (bicyclic) bond motifs is 1. The Morgan fingerprint density at radius 2 is 1.74 bits per heavy atom. The van der Waals surface area contributed by atoms with Crippen molar-refractivity contribution in [2.75, 3.05) is 12.3 Å². The number of hydrogen-bond acceptors (Lipinski definition) is 9. The fourth-order valence-electron chi connectivity index (χ4n) is 3.41. The third-order valence-corrected chi connectivity index (χ3v) is 7.57. The van der Waals surface area contributed by atoms with Gasteiger partial charge in [-0.1, -0.05) is 30.3 Å². The molecule has 0 saturated heterocycles. The van der Waals surface area contributed by atoms with Gasteiger partial charge in [0, 0.05) is 35.5 Å². The Hall–Kier alpha value is -3.26. The summed E-state index contributed by atoms with van der Waals surface area (Å²) in [5, 5.41) is 20.4. The van der Waals surface area contributed by atoms with Gasteiger partial charge in [-0.05, 0) is 27.4 Å². The summed E-state index contributed by atoms with van der Waals surface area (Å²) in [6, 6.07) is 10.0. The van der Waals surface area contributed by atoms with E-state index in [0.717, 1.165) is 10.8 Å². The Kier molecular flexibility index (Phi) is 5.26. The standard InChI is InChI=1S/C18H17N7O4S2/c19-7-8-30(26,27)15-6-5-13(14-10-21-9-11-3-1-2-4-12(11)14)16(17(15)31(20,28)29)18-22-24-25-23-18/h1-6,9-10H,7-8,19H2,(H2,20,28,29)(H,22,23,24,25). The fourth-order valence-corrected chi connectivity index (χ4v) is 6.17. The highest BCUT2D eigenvalue weighted by molar-refractivity contribution is 7.93. The van der Waals surface area contributed by atoms with Crippen molar-refractivity contribution >= 4 is 30.6 Å². The van der Waals surface area contributed by atoms with Crippen molar-refractivity contribution in [2.45, 2.75) is 9.79 Å². The second-order valence-electron chi connectivity index (χ2n) is 6.63. The molecule has 5 N–H and O–H groups in total. The quantitative estimate of drug-likeness (QED) is 0.368. The molecule has 0 bridgehead atoms. The molecule has 0 aliphatic rings. The van der Waals surface area contributed by atoms with Crippen LogP contribution < -0.4 is 10.9 Å². The van der Waals surface area contributed by atoms with Crippen molar-refractivity contribution in [3.63, 3.8) is 0 Å². The summed E-state index contributed by atoms with van der Waals surface area (Å²) in [6.07, 6.45) is 3.21. The molecule has 2 heterocycles. The highest BCUT2D eigenvalue weighted by Crippen LogP contribution is 2.40. The maximum atomic E-state index is 12.8. The molecule has 0 atom stereocenters. The van der Waals surface area contributed by atoms with Crippen LogP contribution in [0.5, 0.6) is 0 Å². The molecule has 0 amide bonds. The van der Waals surface area contributed by atoms with Gasteiger partial charge < -0.3 is 5.73 Å². The van der Waals surface area contributed by atoms with Crippen LogP contribution in [0.3, 0.4) is 0 Å². The first-order valence-corrected chi connectivity index (χ1v) is 12.1. The van der Waals surface area contributed by atoms with E-state index < -0.39 is 35.4 Å². The molecule has 0 saturated carbocycles. The molecule has 0 unspecified atom stereocenters. The minimum absolute atomic E-state index is 0.0586. The number of tetrazole rings is 1. The lowest BCUT2D eigenvalue weighted by Crippen LogP contribution is -2.22. The number of pyridine rings is 1. The molecule has 4 rings (SSSR count). The Morgan fingerprint density at radius 3 is 2.42 bits per heavy atom. The first-order valence-electron chi connectivity index (χ1n) is 8.94. The van der Waals surface area contributed by atoms with E-state index in [1.54, 1.807) is 12.4 Å². The van der Waals surface area contributed by atoms with Crippen LogP contribution in [0.25, 0.3) is 33.3 Å². The summed E-state index contributed by atoms with van der Waals surface area (Å²) in [4.78, 5) is 3.15. The Balaban J connectivity index is 2.18. The smallest absolute Gasteiger partial charge is 0.240 e. The molecule has 0 aliphatic carbocycles. The molecule has 160 valence electrons. The van der Waals surface area contributed by atoms with Crippen LogP contribution in [-0.2, 0) is 19.9 Å². The summed E-state index contributed by atoms with van der Waals surface area (Å²) in [7, 11) is -8.59. The number of nitrogens with one attached hydrogen (secondary N) is 1. The van der Waals surface area contributed by atoms with Gasteiger partial charge in [0.05, 0.1) is 10.6 Å². The largest absolute Gasteiger partial charge is 0.329 e. The lowest BCUT2D eigenvalue weighted by molar-refractivity contribution is 0.583. The van der Waals surface area contributed by atoms with E-state index in [0.29, 0.717) is 11.1 Å². The molecule has 0 spiro atoms. The van der Waals surface area contributed by atoms with Crippen molar-refractivity contribution < 1.29 is 16.8 Å². The van der Waals surface area contributed by atoms with Crippen molar-refractivity contribution in [1.82, 2.24) is 25.6 Å². The molecule has 2 aromatic heterocycles. The number of nitrogens with two attached hydrogens (primary N) is 2. The second kappa shape index (κ2) is 7.77. The molecule has 4 aromatic rings. The molecular formula is C18H17N7O4S2. The molecule has 31 heavy (non-hydrogen) atoms. The zero-order valence-electron chi connectivity index (χ0n) is 15.9. The number of aromatic amines is 1. The van der Waals surface area contributed by atoms with Gasteiger partial charge in [0.15, 0.2) is 15.7 Å². The van der Waals surface area contributed by atoms with E-state index in [1.165, 1.54) is 12.1 Å². The van der Waals surface area contributed by atoms with Crippen LogP contribution in [0.2, 0.25) is 0 Å². The Labute approximate surface area is 177 Å². The number of benzene rings is 2. The van der Waals surface area contributed by atoms with Gasteiger partial charge in [0.1, 0.15) is 4.90 Å². The average Bonchev–Trinajstić information content (AvgIpc) is 3.26. The van der Waals surface area contributed by atoms with Gasteiger partial charge >= 0.3 is 0 Å². The summed E-state index contributed by atoms with van der Waals surface area (Å²) in [5.74, 6) is -0.518. The average molecular weight is 460 g/mol. The zero-order chi connectivity index (χ0) is 22.2. The van der Waals surface area contributed by atoms with Gasteiger partial charge in [0.25, 0.3) is 0 Å². The SMILES string of the molecule is NCCS(=O)(=O)c1ccc(-c2cncc3ccccc23)c(-c2nnn[nH]2)c1S(N)(=O)=O. The van der Waals surface area contributed by atoms with Crippen LogP contribution in [0.4, 0.5) is 0 Å². The normalized spacial score (nSPS) is 12.3. The predicted molar refractivity (Wildman–Crippen MR) is 113 cm³/mol. The van der Waals surface area contributed by atoms with Gasteiger partial charge in [-0.2, -0.15) is 0 Å². The van der Waals surface area contributed by atoms with Gasteiger partial charge in [-0.3, -0.25) is 4.98 Å². The van der Waals surface area contributed by atoms with Crippen LogP contribution in [0, 0.1) is 0 Å². The molecule has 13 heteroatoms. The number of hydrogen-bond donors (Lipinski definition) is 3. The Morgan fingerprint density at radius 1 is 0.968 bits per heavy atom. The highest BCUT2D eigenvalue weighted by Gasteiger charge is 2.31. The third-order valence-electron chi connectivity index (χ3n) is 4.67. The summed E-state index contributed by atoms with van der Waals surface area (Å²) < 4.78 is 50.9. The number of rotatable bonds is 6. The molecule has 0 fully saturated rings. The summed E-state index contributed by atoms with van der Waals surface area (Å²) in [6.45, 7) is -0.194. The number of aromatic nitrogens is 5. The molecule has 2 aromatic carbocycles. The first kappa shape index (κ1) is 21.0. The molecular weight excluding hydrogens is 442 g/mol. The van der Waals surface area contributed by atoms with Crippen molar-refractivity contribution in [1.29, 1.82) is 0 Å². The minimum atomic E-state index is -4.53. The van der Waals surface area contributed by atoms with Gasteiger partial charge in [-0.15, -0.1) is 5.10 Å². The van der Waals surface area contributed by atoms with Crippen molar-refractivity contribution in [3.8, 4) is 22.5 Å². The molecule has 11 nitrogen and oxygen atoms in total. The fraction of sp³-hybridized carbons (Fsp3) is 0.111. The zero-order valence-corrected chi connectivity index (χ0v) is 17.6. The lowest BCUT2D eigenvalue weighted by atomic mass is 9.96. The number of sulfone groups is 1. The lowest BCUT2D eigenvalue weighted by Gasteiger charge is -2.17. The van der Waals surface area contributed by atoms with E-state index in [1.807, 2.05) is 24.3 Å². The van der Waals surface area contributed by atoms with Crippen LogP contribution in [0.15, 0.2) is 58.6 Å².